The number of hydrogen-bond acceptors (Lipinski definition) is 4. The Labute approximate surface area is 114 Å². The van der Waals surface area contributed by atoms with Gasteiger partial charge in [-0.05, 0) is 38.0 Å². The van der Waals surface area contributed by atoms with Crippen molar-refractivity contribution >= 4 is 5.97 Å². The van der Waals surface area contributed by atoms with Crippen molar-refractivity contribution < 1.29 is 14.3 Å². The highest BCUT2D eigenvalue weighted by molar-refractivity contribution is 5.75. The highest BCUT2D eigenvalue weighted by atomic mass is 16.5. The van der Waals surface area contributed by atoms with Crippen LogP contribution in [-0.4, -0.2) is 19.7 Å². The van der Waals surface area contributed by atoms with E-state index in [1.165, 1.54) is 7.11 Å². The third-order valence-corrected chi connectivity index (χ3v) is 3.09. The van der Waals surface area contributed by atoms with E-state index in [-0.39, 0.29) is 18.6 Å². The van der Waals surface area contributed by atoms with Gasteiger partial charge in [-0.15, -0.1) is 0 Å². The van der Waals surface area contributed by atoms with Crippen LogP contribution < -0.4 is 10.5 Å². The average molecular weight is 265 g/mol. The first-order valence-electron chi connectivity index (χ1n) is 6.47. The zero-order valence-electron chi connectivity index (χ0n) is 12.1. The minimum atomic E-state index is -0.659. The fourth-order valence-electron chi connectivity index (χ4n) is 1.65. The van der Waals surface area contributed by atoms with E-state index in [4.69, 9.17) is 15.2 Å². The molecule has 1 aromatic rings. The zero-order valence-corrected chi connectivity index (χ0v) is 12.1. The molecule has 4 nitrogen and oxygen atoms in total. The molecule has 0 aliphatic carbocycles. The molecular formula is C15H23NO3. The first kappa shape index (κ1) is 15.5. The first-order valence-corrected chi connectivity index (χ1v) is 6.47. The number of ether oxygens (including phenoxy) is 2. The van der Waals surface area contributed by atoms with Gasteiger partial charge in [-0.2, -0.15) is 0 Å². The van der Waals surface area contributed by atoms with Crippen molar-refractivity contribution in [2.24, 2.45) is 11.1 Å². The van der Waals surface area contributed by atoms with E-state index >= 15 is 0 Å². The van der Waals surface area contributed by atoms with Gasteiger partial charge in [-0.1, -0.05) is 19.1 Å². The van der Waals surface area contributed by atoms with Crippen molar-refractivity contribution in [1.29, 1.82) is 0 Å². The van der Waals surface area contributed by atoms with Gasteiger partial charge in [-0.25, -0.2) is 0 Å². The number of carbonyl (C=O) groups excluding carboxylic acids is 1. The van der Waals surface area contributed by atoms with Crippen LogP contribution in [0.25, 0.3) is 0 Å². The monoisotopic (exact) mass is 265 g/mol. The summed E-state index contributed by atoms with van der Waals surface area (Å²) in [5.41, 5.74) is 6.37. The number of benzene rings is 1. The van der Waals surface area contributed by atoms with Crippen LogP contribution in [0.1, 0.15) is 38.8 Å². The number of rotatable bonds is 6. The third kappa shape index (κ3) is 4.24. The Morgan fingerprint density at radius 3 is 2.37 bits per heavy atom. The van der Waals surface area contributed by atoms with Gasteiger partial charge in [0.25, 0.3) is 0 Å². The molecule has 1 rings (SSSR count). The van der Waals surface area contributed by atoms with E-state index < -0.39 is 5.41 Å². The van der Waals surface area contributed by atoms with Crippen LogP contribution in [-0.2, 0) is 9.53 Å². The molecule has 4 heteroatoms. The molecule has 0 saturated heterocycles. The van der Waals surface area contributed by atoms with Crippen LogP contribution in [0.4, 0.5) is 0 Å². The minimum Gasteiger partial charge on any atom is -0.492 e. The molecule has 0 saturated carbocycles. The van der Waals surface area contributed by atoms with Crippen molar-refractivity contribution in [3.05, 3.63) is 29.8 Å². The van der Waals surface area contributed by atoms with Gasteiger partial charge in [0.1, 0.15) is 12.4 Å². The molecule has 2 N–H and O–H groups in total. The van der Waals surface area contributed by atoms with Gasteiger partial charge in [0.15, 0.2) is 0 Å². The molecular weight excluding hydrogens is 242 g/mol. The van der Waals surface area contributed by atoms with Crippen LogP contribution >= 0.6 is 0 Å². The predicted octanol–water partition coefficient (Wildman–Crippen LogP) is 2.67. The lowest BCUT2D eigenvalue weighted by Crippen LogP contribution is -2.32. The summed E-state index contributed by atoms with van der Waals surface area (Å²) in [5, 5.41) is 0. The third-order valence-electron chi connectivity index (χ3n) is 3.09. The maximum absolute atomic E-state index is 11.5. The summed E-state index contributed by atoms with van der Waals surface area (Å²) in [6.45, 7) is 5.91. The molecule has 0 aromatic heterocycles. The maximum Gasteiger partial charge on any atom is 0.314 e. The lowest BCUT2D eigenvalue weighted by molar-refractivity contribution is -0.152. The summed E-state index contributed by atoms with van der Waals surface area (Å²) in [7, 11) is 1.38. The lowest BCUT2D eigenvalue weighted by Gasteiger charge is -2.21. The minimum absolute atomic E-state index is 0.0561. The summed E-state index contributed by atoms with van der Waals surface area (Å²) < 4.78 is 10.4. The van der Waals surface area contributed by atoms with E-state index in [2.05, 4.69) is 0 Å². The van der Waals surface area contributed by atoms with E-state index in [9.17, 15) is 4.79 Å². The van der Waals surface area contributed by atoms with Crippen molar-refractivity contribution in [3.8, 4) is 5.75 Å². The Kier molecular flexibility index (Phi) is 5.36. The molecule has 0 aliphatic heterocycles. The zero-order chi connectivity index (χ0) is 14.5. The highest BCUT2D eigenvalue weighted by Gasteiger charge is 2.29. The Hall–Kier alpha value is -1.55. The van der Waals surface area contributed by atoms with E-state index in [1.54, 1.807) is 13.8 Å². The lowest BCUT2D eigenvalue weighted by atomic mass is 9.95. The number of esters is 1. The van der Waals surface area contributed by atoms with Crippen molar-refractivity contribution in [2.45, 2.75) is 33.2 Å². The number of nitrogens with two attached hydrogens (primary N) is 1. The van der Waals surface area contributed by atoms with Crippen LogP contribution in [0.5, 0.6) is 5.75 Å². The molecule has 0 unspecified atom stereocenters. The summed E-state index contributed by atoms with van der Waals surface area (Å²) in [4.78, 5) is 11.5. The highest BCUT2D eigenvalue weighted by Crippen LogP contribution is 2.22. The molecule has 0 spiro atoms. The fraction of sp³-hybridized carbons (Fsp3) is 0.533. The summed E-state index contributed by atoms with van der Waals surface area (Å²) >= 11 is 0. The number of hydrogen-bond donors (Lipinski definition) is 1. The van der Waals surface area contributed by atoms with Gasteiger partial charge in [0.05, 0.1) is 12.5 Å². The molecule has 0 radical (unpaired) electrons. The Morgan fingerprint density at radius 1 is 1.32 bits per heavy atom. The van der Waals surface area contributed by atoms with Crippen molar-refractivity contribution in [1.82, 2.24) is 0 Å². The molecule has 1 atom stereocenters. The van der Waals surface area contributed by atoms with Gasteiger partial charge in [-0.3, -0.25) is 4.79 Å². The van der Waals surface area contributed by atoms with E-state index in [1.807, 2.05) is 31.2 Å². The Morgan fingerprint density at radius 2 is 1.89 bits per heavy atom. The summed E-state index contributed by atoms with van der Waals surface area (Å²) in [6.07, 6.45) is 0.898. The van der Waals surface area contributed by atoms with Gasteiger partial charge >= 0.3 is 5.97 Å². The van der Waals surface area contributed by atoms with E-state index in [0.717, 1.165) is 17.7 Å². The quantitative estimate of drug-likeness (QED) is 0.803. The standard InChI is InChI=1S/C15H23NO3/c1-5-13(16)11-6-8-12(9-7-11)19-10-15(2,3)14(17)18-4/h6-9,13H,5,10,16H2,1-4H3/t13-/m1/s1. The second-order valence-corrected chi connectivity index (χ2v) is 5.25. The van der Waals surface area contributed by atoms with Crippen LogP contribution in [0.15, 0.2) is 24.3 Å². The SMILES string of the molecule is CC[C@@H](N)c1ccc(OCC(C)(C)C(=O)OC)cc1. The second kappa shape index (κ2) is 6.57. The average Bonchev–Trinajstić information content (AvgIpc) is 2.43. The molecule has 0 heterocycles. The molecule has 0 fully saturated rings. The number of carbonyl (C=O) groups is 1. The van der Waals surface area contributed by atoms with Crippen LogP contribution in [0, 0.1) is 5.41 Å². The topological polar surface area (TPSA) is 61.5 Å². The number of methoxy groups -OCH3 is 1. The molecule has 0 amide bonds. The summed E-state index contributed by atoms with van der Waals surface area (Å²) in [6, 6.07) is 7.71. The Balaban J connectivity index is 2.62. The molecule has 106 valence electrons. The molecule has 0 bridgehead atoms. The Bertz CT molecular complexity index is 412. The fourth-order valence-corrected chi connectivity index (χ4v) is 1.65. The van der Waals surface area contributed by atoms with Crippen molar-refractivity contribution in [3.63, 3.8) is 0 Å². The van der Waals surface area contributed by atoms with Crippen molar-refractivity contribution in [2.75, 3.05) is 13.7 Å². The second-order valence-electron chi connectivity index (χ2n) is 5.25. The van der Waals surface area contributed by atoms with Gasteiger partial charge in [0.2, 0.25) is 0 Å². The van der Waals surface area contributed by atoms with Crippen LogP contribution in [0.3, 0.4) is 0 Å². The predicted molar refractivity (Wildman–Crippen MR) is 75.0 cm³/mol. The smallest absolute Gasteiger partial charge is 0.314 e. The first-order chi connectivity index (χ1) is 8.90. The molecule has 1 aromatic carbocycles. The van der Waals surface area contributed by atoms with E-state index in [0.29, 0.717) is 0 Å². The largest absolute Gasteiger partial charge is 0.492 e. The molecule has 0 aliphatic rings. The van der Waals surface area contributed by atoms with Gasteiger partial charge in [0, 0.05) is 6.04 Å². The maximum atomic E-state index is 11.5. The van der Waals surface area contributed by atoms with Gasteiger partial charge < -0.3 is 15.2 Å². The normalized spacial score (nSPS) is 12.9. The molecule has 19 heavy (non-hydrogen) atoms. The van der Waals surface area contributed by atoms with Crippen LogP contribution in [0.2, 0.25) is 0 Å². The summed E-state index contributed by atoms with van der Waals surface area (Å²) in [5.74, 6) is 0.446.